The molecule has 1 heterocycles. The van der Waals surface area contributed by atoms with Gasteiger partial charge in [-0.1, -0.05) is 125 Å². The van der Waals surface area contributed by atoms with Crippen molar-refractivity contribution in [3.05, 3.63) is 0 Å². The molecule has 0 aromatic heterocycles. The van der Waals surface area contributed by atoms with Crippen LogP contribution in [0.4, 0.5) is 0 Å². The SMILES string of the molecule is C1CCC([SiH]2[SiH](C3CCCC3)[SiH](C3CCCC3)[SiH]2C2CCCC2)C1. The Morgan fingerprint density at radius 3 is 0.625 bits per heavy atom. The highest BCUT2D eigenvalue weighted by Crippen LogP contribution is 2.54. The second kappa shape index (κ2) is 7.47. The van der Waals surface area contributed by atoms with Gasteiger partial charge in [0.15, 0.2) is 0 Å². The molecule has 0 spiro atoms. The minimum absolute atomic E-state index is 0.164. The van der Waals surface area contributed by atoms with E-state index in [-0.39, 0.29) is 31.3 Å². The van der Waals surface area contributed by atoms with Crippen LogP contribution < -0.4 is 0 Å². The Bertz CT molecular complexity index is 329. The average molecular weight is 393 g/mol. The molecule has 0 N–H and O–H groups in total. The van der Waals surface area contributed by atoms with Crippen LogP contribution in [0.1, 0.15) is 103 Å². The van der Waals surface area contributed by atoms with Gasteiger partial charge in [0.25, 0.3) is 0 Å². The Morgan fingerprint density at radius 2 is 0.458 bits per heavy atom. The zero-order valence-corrected chi connectivity index (χ0v) is 20.6. The maximum atomic E-state index is 1.76. The highest BCUT2D eigenvalue weighted by atomic mass is 30.1. The lowest BCUT2D eigenvalue weighted by molar-refractivity contribution is 0.823. The second-order valence-corrected chi connectivity index (χ2v) is 46.6. The van der Waals surface area contributed by atoms with Crippen molar-refractivity contribution in [1.29, 1.82) is 0 Å². The quantitative estimate of drug-likeness (QED) is 0.591. The summed E-state index contributed by atoms with van der Waals surface area (Å²) in [5, 5.41) is 0. The molecule has 5 aliphatic rings. The molecule has 4 aliphatic carbocycles. The molecule has 4 heteroatoms. The Balaban J connectivity index is 1.43. The van der Waals surface area contributed by atoms with Crippen molar-refractivity contribution in [1.82, 2.24) is 0 Å². The van der Waals surface area contributed by atoms with Crippen LogP contribution in [0.25, 0.3) is 0 Å². The van der Waals surface area contributed by atoms with E-state index in [0.29, 0.717) is 0 Å². The molecule has 1 aliphatic heterocycles. The van der Waals surface area contributed by atoms with Crippen molar-refractivity contribution < 1.29 is 0 Å². The van der Waals surface area contributed by atoms with Crippen molar-refractivity contribution in [3.8, 4) is 0 Å². The van der Waals surface area contributed by atoms with Gasteiger partial charge in [0, 0.05) is 31.3 Å². The van der Waals surface area contributed by atoms with E-state index in [2.05, 4.69) is 0 Å². The molecule has 5 fully saturated rings. The highest BCUT2D eigenvalue weighted by molar-refractivity contribution is 7.96. The van der Waals surface area contributed by atoms with E-state index < -0.39 is 0 Å². The van der Waals surface area contributed by atoms with Crippen LogP contribution in [-0.4, -0.2) is 31.3 Å². The standard InChI is InChI=1S/C20H40Si4/c1-2-10-17(9-1)21-22(18-11-3-4-12-18)24(20-15-7-8-16-20)23(21)19-13-5-6-14-19/h17-24H,1-16H2. The topological polar surface area (TPSA) is 0 Å². The summed E-state index contributed by atoms with van der Waals surface area (Å²) >= 11 is 0. The largest absolute Gasteiger partial charge is 0.0536 e. The average Bonchev–Trinajstić information content (AvgIpc) is 3.37. The van der Waals surface area contributed by atoms with Gasteiger partial charge in [-0.3, -0.25) is 0 Å². The molecule has 4 saturated carbocycles. The molecular formula is C20H40Si4. The molecule has 0 atom stereocenters. The van der Waals surface area contributed by atoms with Crippen molar-refractivity contribution in [3.63, 3.8) is 0 Å². The van der Waals surface area contributed by atoms with Gasteiger partial charge in [-0.25, -0.2) is 0 Å². The minimum atomic E-state index is -0.164. The van der Waals surface area contributed by atoms with Crippen molar-refractivity contribution in [2.24, 2.45) is 0 Å². The summed E-state index contributed by atoms with van der Waals surface area (Å²) < 4.78 is 0. The number of rotatable bonds is 4. The normalized spacial score (nSPS) is 43.0. The summed E-state index contributed by atoms with van der Waals surface area (Å²) in [6.45, 7) is 0. The van der Waals surface area contributed by atoms with Crippen LogP contribution in [0.2, 0.25) is 22.2 Å². The van der Waals surface area contributed by atoms with Gasteiger partial charge in [-0.05, 0) is 0 Å². The first kappa shape index (κ1) is 17.0. The summed E-state index contributed by atoms with van der Waals surface area (Å²) in [5.41, 5.74) is 5.80. The molecule has 0 aromatic carbocycles. The van der Waals surface area contributed by atoms with E-state index in [1.807, 2.05) is 0 Å². The van der Waals surface area contributed by atoms with Crippen molar-refractivity contribution >= 4 is 31.3 Å². The van der Waals surface area contributed by atoms with Gasteiger partial charge in [0.1, 0.15) is 0 Å². The number of hydrogen-bond acceptors (Lipinski definition) is 0. The molecular weight excluding hydrogens is 353 g/mol. The van der Waals surface area contributed by atoms with E-state index in [4.69, 9.17) is 0 Å². The van der Waals surface area contributed by atoms with Gasteiger partial charge < -0.3 is 0 Å². The highest BCUT2D eigenvalue weighted by Gasteiger charge is 2.62. The van der Waals surface area contributed by atoms with Crippen molar-refractivity contribution in [2.75, 3.05) is 0 Å². The van der Waals surface area contributed by atoms with Gasteiger partial charge in [-0.15, -0.1) is 0 Å². The predicted molar refractivity (Wildman–Crippen MR) is 117 cm³/mol. The van der Waals surface area contributed by atoms with Crippen LogP contribution in [0.5, 0.6) is 0 Å². The predicted octanol–water partition coefficient (Wildman–Crippen LogP) is 5.00. The van der Waals surface area contributed by atoms with E-state index in [9.17, 15) is 0 Å². The summed E-state index contributed by atoms with van der Waals surface area (Å²) in [6.07, 6.45) is 27.3. The molecule has 0 aromatic rings. The maximum absolute atomic E-state index is 1.76. The summed E-state index contributed by atoms with van der Waals surface area (Å²) in [4.78, 5) is 0. The molecule has 0 nitrogen and oxygen atoms in total. The monoisotopic (exact) mass is 392 g/mol. The lowest BCUT2D eigenvalue weighted by atomic mass is 10.4. The molecule has 0 bridgehead atoms. The Morgan fingerprint density at radius 1 is 0.292 bits per heavy atom. The lowest BCUT2D eigenvalue weighted by Gasteiger charge is -2.59. The van der Waals surface area contributed by atoms with Crippen LogP contribution in [0.15, 0.2) is 0 Å². The van der Waals surface area contributed by atoms with Gasteiger partial charge in [-0.2, -0.15) is 0 Å². The summed E-state index contributed by atoms with van der Waals surface area (Å²) in [5.74, 6) is 0. The van der Waals surface area contributed by atoms with Gasteiger partial charge in [0.2, 0.25) is 0 Å². The van der Waals surface area contributed by atoms with E-state index in [1.54, 1.807) is 103 Å². The maximum Gasteiger partial charge on any atom is 0.0187 e. The first-order chi connectivity index (χ1) is 11.9. The Kier molecular flexibility index (Phi) is 5.29. The lowest BCUT2D eigenvalue weighted by Crippen LogP contribution is -2.82. The zero-order valence-electron chi connectivity index (χ0n) is 15.9. The van der Waals surface area contributed by atoms with Crippen molar-refractivity contribution in [2.45, 2.75) is 125 Å². The van der Waals surface area contributed by atoms with E-state index in [1.165, 1.54) is 22.2 Å². The molecule has 24 heavy (non-hydrogen) atoms. The molecule has 0 radical (unpaired) electrons. The van der Waals surface area contributed by atoms with Crippen LogP contribution >= 0.6 is 0 Å². The second-order valence-electron chi connectivity index (χ2n) is 10.5. The fourth-order valence-electron chi connectivity index (χ4n) is 8.76. The molecule has 136 valence electrons. The summed E-state index contributed by atoms with van der Waals surface area (Å²) in [6, 6.07) is 0. The molecule has 0 unspecified atom stereocenters. The number of hydrogen-bond donors (Lipinski definition) is 0. The van der Waals surface area contributed by atoms with Gasteiger partial charge >= 0.3 is 0 Å². The van der Waals surface area contributed by atoms with E-state index in [0.717, 1.165) is 0 Å². The van der Waals surface area contributed by atoms with Crippen LogP contribution in [0.3, 0.4) is 0 Å². The third-order valence-electron chi connectivity index (χ3n) is 9.55. The molecule has 1 saturated heterocycles. The fourth-order valence-corrected chi connectivity index (χ4v) is 122. The third-order valence-corrected chi connectivity index (χ3v) is 91.9. The summed E-state index contributed by atoms with van der Waals surface area (Å²) in [7, 11) is -0.656. The third kappa shape index (κ3) is 2.95. The molecule has 0 amide bonds. The van der Waals surface area contributed by atoms with Gasteiger partial charge in [0.05, 0.1) is 0 Å². The van der Waals surface area contributed by atoms with Crippen LogP contribution in [-0.2, 0) is 0 Å². The first-order valence-corrected chi connectivity index (χ1v) is 25.3. The smallest absolute Gasteiger partial charge is 0.0187 e. The Labute approximate surface area is 156 Å². The zero-order chi connectivity index (χ0) is 15.9. The van der Waals surface area contributed by atoms with E-state index >= 15 is 0 Å². The Hall–Kier alpha value is 0.868. The van der Waals surface area contributed by atoms with Crippen LogP contribution in [0, 0.1) is 0 Å². The first-order valence-electron chi connectivity index (χ1n) is 11.9. The fraction of sp³-hybridized carbons (Fsp3) is 1.00. The minimum Gasteiger partial charge on any atom is -0.0536 e. The molecule has 5 rings (SSSR count).